The van der Waals surface area contributed by atoms with E-state index in [0.29, 0.717) is 19.4 Å². The Morgan fingerprint density at radius 2 is 2.05 bits per heavy atom. The number of urea groups is 1. The summed E-state index contributed by atoms with van der Waals surface area (Å²) in [6, 6.07) is 7.45. The molecule has 0 atom stereocenters. The number of hydrogen-bond donors (Lipinski definition) is 2. The van der Waals surface area contributed by atoms with Crippen LogP contribution < -0.4 is 5.32 Å². The van der Waals surface area contributed by atoms with Gasteiger partial charge in [0, 0.05) is 24.6 Å². The molecule has 6 heteroatoms. The van der Waals surface area contributed by atoms with Crippen molar-refractivity contribution in [3.63, 3.8) is 0 Å². The zero-order valence-electron chi connectivity index (χ0n) is 11.9. The summed E-state index contributed by atoms with van der Waals surface area (Å²) < 4.78 is 0.950. The number of carbonyl (C=O) groups is 2. The minimum atomic E-state index is -0.817. The van der Waals surface area contributed by atoms with Crippen LogP contribution in [0.1, 0.15) is 24.8 Å². The Hall–Kier alpha value is -1.56. The second-order valence-corrected chi connectivity index (χ2v) is 6.40. The predicted molar refractivity (Wildman–Crippen MR) is 82.9 cm³/mol. The summed E-state index contributed by atoms with van der Waals surface area (Å²) in [5, 5.41) is 12.0. The van der Waals surface area contributed by atoms with E-state index in [1.165, 1.54) is 0 Å². The maximum Gasteiger partial charge on any atom is 0.317 e. The largest absolute Gasteiger partial charge is 0.481 e. The normalized spacial score (nSPS) is 15.9. The molecule has 1 aliphatic rings. The van der Waals surface area contributed by atoms with E-state index in [1.807, 2.05) is 24.3 Å². The number of carboxylic acid groups (broad SMARTS) is 1. The van der Waals surface area contributed by atoms with Crippen molar-refractivity contribution in [2.24, 2.45) is 5.41 Å². The van der Waals surface area contributed by atoms with E-state index in [-0.39, 0.29) is 12.6 Å². The van der Waals surface area contributed by atoms with Crippen molar-refractivity contribution in [3.05, 3.63) is 34.3 Å². The van der Waals surface area contributed by atoms with Gasteiger partial charge in [0.15, 0.2) is 0 Å². The van der Waals surface area contributed by atoms with Gasteiger partial charge in [-0.25, -0.2) is 4.79 Å². The van der Waals surface area contributed by atoms with E-state index >= 15 is 0 Å². The fourth-order valence-corrected chi connectivity index (χ4v) is 2.81. The highest BCUT2D eigenvalue weighted by Crippen LogP contribution is 2.40. The molecule has 1 saturated carbocycles. The lowest BCUT2D eigenvalue weighted by Crippen LogP contribution is -2.49. The lowest BCUT2D eigenvalue weighted by atomic mass is 9.69. The summed E-state index contributed by atoms with van der Waals surface area (Å²) in [6.07, 6.45) is 2.18. The highest BCUT2D eigenvalue weighted by Gasteiger charge is 2.44. The average Bonchev–Trinajstić information content (AvgIpc) is 2.39. The number of nitrogens with one attached hydrogen (secondary N) is 1. The molecule has 0 heterocycles. The Balaban J connectivity index is 1.88. The minimum Gasteiger partial charge on any atom is -0.481 e. The summed E-state index contributed by atoms with van der Waals surface area (Å²) in [5.41, 5.74) is 0.246. The third-order valence-electron chi connectivity index (χ3n) is 4.05. The molecule has 21 heavy (non-hydrogen) atoms. The maximum atomic E-state index is 12.1. The van der Waals surface area contributed by atoms with Crippen molar-refractivity contribution in [2.45, 2.75) is 25.8 Å². The fourth-order valence-electron chi connectivity index (χ4n) is 2.40. The van der Waals surface area contributed by atoms with Crippen molar-refractivity contribution in [1.82, 2.24) is 10.2 Å². The second kappa shape index (κ2) is 6.47. The molecule has 2 N–H and O–H groups in total. The number of benzene rings is 1. The first-order valence-corrected chi connectivity index (χ1v) is 7.70. The molecule has 0 radical (unpaired) electrons. The van der Waals surface area contributed by atoms with Crippen LogP contribution in [-0.2, 0) is 11.3 Å². The Morgan fingerprint density at radius 3 is 2.57 bits per heavy atom. The zero-order valence-corrected chi connectivity index (χ0v) is 13.5. The fraction of sp³-hybridized carbons (Fsp3) is 0.467. The van der Waals surface area contributed by atoms with Crippen molar-refractivity contribution in [1.29, 1.82) is 0 Å². The molecule has 0 aliphatic heterocycles. The number of rotatable bonds is 5. The van der Waals surface area contributed by atoms with E-state index in [0.717, 1.165) is 16.5 Å². The van der Waals surface area contributed by atoms with Crippen molar-refractivity contribution in [3.8, 4) is 0 Å². The topological polar surface area (TPSA) is 69.6 Å². The van der Waals surface area contributed by atoms with Gasteiger partial charge in [-0.2, -0.15) is 0 Å². The average molecular weight is 355 g/mol. The number of amides is 2. The minimum absolute atomic E-state index is 0.196. The van der Waals surface area contributed by atoms with Gasteiger partial charge >= 0.3 is 12.0 Å². The quantitative estimate of drug-likeness (QED) is 0.853. The molecule has 114 valence electrons. The number of halogens is 1. The zero-order chi connectivity index (χ0) is 15.5. The first-order valence-electron chi connectivity index (χ1n) is 6.90. The number of aliphatic carboxylic acids is 1. The summed E-state index contributed by atoms with van der Waals surface area (Å²) in [4.78, 5) is 24.9. The number of hydrogen-bond acceptors (Lipinski definition) is 2. The van der Waals surface area contributed by atoms with Crippen LogP contribution in [0.3, 0.4) is 0 Å². The Kier molecular flexibility index (Phi) is 4.88. The molecule has 0 bridgehead atoms. The van der Waals surface area contributed by atoms with Gasteiger partial charge < -0.3 is 15.3 Å². The van der Waals surface area contributed by atoms with Gasteiger partial charge in [-0.1, -0.05) is 40.5 Å². The predicted octanol–water partition coefficient (Wildman–Crippen LogP) is 2.85. The summed E-state index contributed by atoms with van der Waals surface area (Å²) >= 11 is 3.45. The standard InChI is InChI=1S/C15H19BrN2O3/c1-18(9-11-5-2-3-6-12(11)16)14(21)17-10-15(13(19)20)7-4-8-15/h2-3,5-6H,4,7-10H2,1H3,(H,17,21)(H,19,20). The lowest BCUT2D eigenvalue weighted by molar-refractivity contribution is -0.153. The van der Waals surface area contributed by atoms with Crippen LogP contribution in [0.2, 0.25) is 0 Å². The molecule has 0 aromatic heterocycles. The highest BCUT2D eigenvalue weighted by atomic mass is 79.9. The van der Waals surface area contributed by atoms with E-state index in [9.17, 15) is 14.7 Å². The van der Waals surface area contributed by atoms with Crippen LogP contribution in [0.25, 0.3) is 0 Å². The van der Waals surface area contributed by atoms with Gasteiger partial charge in [0.25, 0.3) is 0 Å². The number of nitrogens with zero attached hydrogens (tertiary/aromatic N) is 1. The molecule has 1 aromatic carbocycles. The van der Waals surface area contributed by atoms with E-state index in [2.05, 4.69) is 21.2 Å². The van der Waals surface area contributed by atoms with Gasteiger partial charge in [-0.3, -0.25) is 4.79 Å². The molecule has 5 nitrogen and oxygen atoms in total. The van der Waals surface area contributed by atoms with E-state index < -0.39 is 11.4 Å². The van der Waals surface area contributed by atoms with Crippen LogP contribution in [0.5, 0.6) is 0 Å². The van der Waals surface area contributed by atoms with Crippen molar-refractivity contribution in [2.75, 3.05) is 13.6 Å². The van der Waals surface area contributed by atoms with Gasteiger partial charge in [-0.05, 0) is 24.5 Å². The summed E-state index contributed by atoms with van der Waals surface area (Å²) in [5.74, 6) is -0.817. The van der Waals surface area contributed by atoms with Crippen LogP contribution >= 0.6 is 15.9 Å². The van der Waals surface area contributed by atoms with Crippen LogP contribution in [0.15, 0.2) is 28.7 Å². The number of carbonyl (C=O) groups excluding carboxylic acids is 1. The molecule has 0 saturated heterocycles. The van der Waals surface area contributed by atoms with E-state index in [1.54, 1.807) is 11.9 Å². The first kappa shape index (κ1) is 15.8. The van der Waals surface area contributed by atoms with Gasteiger partial charge in [0.1, 0.15) is 0 Å². The van der Waals surface area contributed by atoms with Gasteiger partial charge in [0.05, 0.1) is 5.41 Å². The maximum absolute atomic E-state index is 12.1. The Labute approximate surface area is 132 Å². The van der Waals surface area contributed by atoms with Crippen molar-refractivity contribution < 1.29 is 14.7 Å². The smallest absolute Gasteiger partial charge is 0.317 e. The molecular formula is C15H19BrN2O3. The third kappa shape index (κ3) is 3.56. The molecule has 1 aromatic rings. The first-order chi connectivity index (χ1) is 9.94. The van der Waals surface area contributed by atoms with Crippen LogP contribution in [0.4, 0.5) is 4.79 Å². The lowest BCUT2D eigenvalue weighted by Gasteiger charge is -2.37. The van der Waals surface area contributed by atoms with Crippen LogP contribution in [0, 0.1) is 5.41 Å². The summed E-state index contributed by atoms with van der Waals surface area (Å²) in [6.45, 7) is 0.662. The third-order valence-corrected chi connectivity index (χ3v) is 4.83. The Bertz CT molecular complexity index is 543. The van der Waals surface area contributed by atoms with Gasteiger partial charge in [-0.15, -0.1) is 0 Å². The Morgan fingerprint density at radius 1 is 1.38 bits per heavy atom. The molecule has 0 spiro atoms. The molecule has 1 fully saturated rings. The SMILES string of the molecule is CN(Cc1ccccc1Br)C(=O)NCC1(C(=O)O)CCC1. The van der Waals surface area contributed by atoms with E-state index in [4.69, 9.17) is 0 Å². The molecule has 1 aliphatic carbocycles. The second-order valence-electron chi connectivity index (χ2n) is 5.55. The molecule has 2 amide bonds. The molecule has 0 unspecified atom stereocenters. The number of carboxylic acids is 1. The monoisotopic (exact) mass is 354 g/mol. The summed E-state index contributed by atoms with van der Waals surface area (Å²) in [7, 11) is 1.70. The van der Waals surface area contributed by atoms with Crippen LogP contribution in [-0.4, -0.2) is 35.6 Å². The highest BCUT2D eigenvalue weighted by molar-refractivity contribution is 9.10. The molecular weight excluding hydrogens is 336 g/mol. The van der Waals surface area contributed by atoms with Gasteiger partial charge in [0.2, 0.25) is 0 Å². The van der Waals surface area contributed by atoms with Crippen molar-refractivity contribution >= 4 is 27.9 Å². The molecule has 2 rings (SSSR count).